The molecule has 2 fully saturated rings. The van der Waals surface area contributed by atoms with Crippen molar-refractivity contribution in [2.24, 2.45) is 22.3 Å². The fourth-order valence-electron chi connectivity index (χ4n) is 6.60. The number of likely N-dealkylation sites (tertiary alicyclic amines) is 2. The molecule has 2 saturated heterocycles. The molecule has 0 aromatic heterocycles. The van der Waals surface area contributed by atoms with E-state index >= 15 is 0 Å². The molecule has 8 N–H and O–H groups in total. The third-order valence-corrected chi connectivity index (χ3v) is 9.59. The summed E-state index contributed by atoms with van der Waals surface area (Å²) in [5.74, 6) is -1.75. The van der Waals surface area contributed by atoms with Crippen LogP contribution in [-0.4, -0.2) is 117 Å². The molecule has 2 aromatic rings. The highest BCUT2D eigenvalue weighted by Crippen LogP contribution is 2.36. The van der Waals surface area contributed by atoms with Crippen molar-refractivity contribution < 1.29 is 49.1 Å². The number of aliphatic hydroxyl groups is 2. The van der Waals surface area contributed by atoms with E-state index in [1.54, 1.807) is 53.7 Å². The van der Waals surface area contributed by atoms with Crippen LogP contribution in [0.4, 0.5) is 9.59 Å². The summed E-state index contributed by atoms with van der Waals surface area (Å²) in [7, 11) is 0. The molecule has 2 unspecified atom stereocenters. The van der Waals surface area contributed by atoms with Crippen LogP contribution < -0.4 is 11.5 Å². The van der Waals surface area contributed by atoms with Crippen LogP contribution in [0.1, 0.15) is 91.2 Å². The molecular weight excluding hydrogens is 769 g/mol. The number of carbonyl (C=O) groups is 4. The number of aliphatic carboxylic acids is 2. The summed E-state index contributed by atoms with van der Waals surface area (Å²) in [6.07, 6.45) is 7.00. The van der Waals surface area contributed by atoms with Crippen molar-refractivity contribution in [3.8, 4) is 0 Å². The molecule has 336 valence electrons. The Bertz CT molecular complexity index is 1490. The largest absolute Gasteiger partial charge is 0.481 e. The molecule has 0 radical (unpaired) electrons. The van der Waals surface area contributed by atoms with Gasteiger partial charge in [0.25, 0.3) is 0 Å². The van der Waals surface area contributed by atoms with Gasteiger partial charge in [-0.15, -0.1) is 13.2 Å². The van der Waals surface area contributed by atoms with Gasteiger partial charge >= 0.3 is 24.1 Å². The maximum absolute atomic E-state index is 12.0. The van der Waals surface area contributed by atoms with Gasteiger partial charge in [0.1, 0.15) is 11.2 Å². The molecule has 0 spiro atoms. The number of carboxylic acids is 2. The minimum Gasteiger partial charge on any atom is -0.481 e. The van der Waals surface area contributed by atoms with Crippen LogP contribution in [0.5, 0.6) is 0 Å². The summed E-state index contributed by atoms with van der Waals surface area (Å²) in [5, 5.41) is 36.2. The van der Waals surface area contributed by atoms with Crippen molar-refractivity contribution in [2.75, 3.05) is 39.4 Å². The van der Waals surface area contributed by atoms with Crippen LogP contribution in [-0.2, 0) is 31.9 Å². The summed E-state index contributed by atoms with van der Waals surface area (Å²) >= 11 is 0. The smallest absolute Gasteiger partial charge is 0.410 e. The highest BCUT2D eigenvalue weighted by atomic mass is 16.6. The lowest BCUT2D eigenvalue weighted by atomic mass is 9.77. The van der Waals surface area contributed by atoms with Crippen LogP contribution in [0.25, 0.3) is 0 Å². The standard InChI is InChI=1S/2C14H23NO4.2C9H13NO/c2*1-5-7-14(11(16)17)8-6-9-15(10-14)12(18)19-13(2,3)4;2*10-9(7-11)6-8-4-2-1-3-5-8/h2*5H,1,6-10H2,2-4H3,(H,16,17);2*1-5,9,11H,6-7,10H2/t;;2*9-/m..00/s1. The number of carbonyl (C=O) groups excluding carboxylic acids is 2. The number of piperidine rings is 2. The lowest BCUT2D eigenvalue weighted by molar-refractivity contribution is -0.153. The molecule has 14 nitrogen and oxygen atoms in total. The number of amides is 2. The SMILES string of the molecule is C=CCC1(C(=O)O)CCCN(C(=O)OC(C)(C)C)C1.C=CCC1(C(=O)O)CCCN(C(=O)OC(C)(C)C)C1.N[C@H](CO)Cc1ccccc1.N[C@H](CO)Cc1ccccc1. The van der Waals surface area contributed by atoms with E-state index in [1.165, 1.54) is 20.9 Å². The van der Waals surface area contributed by atoms with Crippen LogP contribution in [0.3, 0.4) is 0 Å². The predicted molar refractivity (Wildman–Crippen MR) is 234 cm³/mol. The molecule has 2 heterocycles. The van der Waals surface area contributed by atoms with Gasteiger partial charge in [-0.1, -0.05) is 72.8 Å². The minimum atomic E-state index is -0.920. The average Bonchev–Trinajstić information content (AvgIpc) is 3.18. The van der Waals surface area contributed by atoms with Crippen LogP contribution in [0.15, 0.2) is 86.0 Å². The Morgan fingerprint density at radius 1 is 0.667 bits per heavy atom. The molecule has 2 aliphatic heterocycles. The van der Waals surface area contributed by atoms with Crippen LogP contribution in [0.2, 0.25) is 0 Å². The molecular formula is C46H72N4O10. The molecule has 14 heteroatoms. The number of carboxylic acid groups (broad SMARTS) is 2. The van der Waals surface area contributed by atoms with Crippen molar-refractivity contribution in [3.63, 3.8) is 0 Å². The monoisotopic (exact) mass is 841 g/mol. The molecule has 0 saturated carbocycles. The van der Waals surface area contributed by atoms with E-state index in [-0.39, 0.29) is 38.4 Å². The molecule has 2 aromatic carbocycles. The van der Waals surface area contributed by atoms with E-state index in [9.17, 15) is 29.4 Å². The number of aliphatic hydroxyl groups excluding tert-OH is 2. The molecule has 2 amide bonds. The first-order valence-corrected chi connectivity index (χ1v) is 20.5. The highest BCUT2D eigenvalue weighted by Gasteiger charge is 2.44. The second kappa shape index (κ2) is 25.8. The number of allylic oxidation sites excluding steroid dienone is 2. The Labute approximate surface area is 357 Å². The van der Waals surface area contributed by atoms with Crippen LogP contribution >= 0.6 is 0 Å². The Morgan fingerprint density at radius 3 is 1.23 bits per heavy atom. The summed E-state index contributed by atoms with van der Waals surface area (Å²) in [5.41, 5.74) is 10.5. The predicted octanol–water partition coefficient (Wildman–Crippen LogP) is 6.43. The average molecular weight is 841 g/mol. The van der Waals surface area contributed by atoms with E-state index in [2.05, 4.69) is 13.2 Å². The van der Waals surface area contributed by atoms with Gasteiger partial charge in [-0.2, -0.15) is 0 Å². The Hall–Kier alpha value is -4.76. The van der Waals surface area contributed by atoms with Gasteiger partial charge in [0.2, 0.25) is 0 Å². The molecule has 4 atom stereocenters. The maximum atomic E-state index is 12.0. The Kier molecular flexibility index (Phi) is 22.9. The van der Waals surface area contributed by atoms with Crippen molar-refractivity contribution in [1.29, 1.82) is 0 Å². The zero-order valence-corrected chi connectivity index (χ0v) is 36.7. The van der Waals surface area contributed by atoms with E-state index in [1.807, 2.05) is 60.7 Å². The van der Waals surface area contributed by atoms with Gasteiger partial charge in [0.15, 0.2) is 0 Å². The quantitative estimate of drug-likeness (QED) is 0.127. The second-order valence-corrected chi connectivity index (χ2v) is 17.4. The third-order valence-electron chi connectivity index (χ3n) is 9.59. The summed E-state index contributed by atoms with van der Waals surface area (Å²) in [6, 6.07) is 19.6. The number of benzene rings is 2. The topological polar surface area (TPSA) is 226 Å². The number of nitrogens with zero attached hydrogens (tertiary/aromatic N) is 2. The molecule has 0 aliphatic carbocycles. The van der Waals surface area contributed by atoms with Crippen molar-refractivity contribution in [2.45, 2.75) is 116 Å². The first kappa shape index (κ1) is 53.3. The fourth-order valence-corrected chi connectivity index (χ4v) is 6.60. The Morgan fingerprint density at radius 2 is 0.983 bits per heavy atom. The number of hydrogen-bond acceptors (Lipinski definition) is 10. The van der Waals surface area contributed by atoms with Gasteiger partial charge < -0.3 is 51.2 Å². The van der Waals surface area contributed by atoms with Crippen molar-refractivity contribution in [3.05, 3.63) is 97.1 Å². The number of rotatable bonds is 12. The number of nitrogens with two attached hydrogens (primary N) is 2. The zero-order valence-electron chi connectivity index (χ0n) is 36.7. The summed E-state index contributed by atoms with van der Waals surface area (Å²) < 4.78 is 10.6. The summed E-state index contributed by atoms with van der Waals surface area (Å²) in [6.45, 7) is 19.5. The lowest BCUT2D eigenvalue weighted by Crippen LogP contribution is -2.50. The first-order valence-electron chi connectivity index (χ1n) is 20.5. The van der Waals surface area contributed by atoms with Crippen molar-refractivity contribution >= 4 is 24.1 Å². The Balaban J connectivity index is 0.000000413. The molecule has 4 rings (SSSR count). The molecule has 2 aliphatic rings. The highest BCUT2D eigenvalue weighted by molar-refractivity contribution is 5.78. The lowest BCUT2D eigenvalue weighted by Gasteiger charge is -2.39. The number of hydrogen-bond donors (Lipinski definition) is 6. The summed E-state index contributed by atoms with van der Waals surface area (Å²) in [4.78, 5) is 50.0. The van der Waals surface area contributed by atoms with Crippen molar-refractivity contribution in [1.82, 2.24) is 9.80 Å². The normalized spacial score (nSPS) is 19.8. The van der Waals surface area contributed by atoms with Gasteiger partial charge in [-0.3, -0.25) is 9.59 Å². The van der Waals surface area contributed by atoms with Gasteiger partial charge in [-0.25, -0.2) is 9.59 Å². The van der Waals surface area contributed by atoms with Gasteiger partial charge in [-0.05, 0) is 104 Å². The van der Waals surface area contributed by atoms with Crippen LogP contribution in [0, 0.1) is 10.8 Å². The third kappa shape index (κ3) is 20.0. The van der Waals surface area contributed by atoms with E-state index in [0.29, 0.717) is 51.6 Å². The minimum absolute atomic E-state index is 0.0505. The number of ether oxygens (including phenoxy) is 2. The van der Waals surface area contributed by atoms with E-state index in [4.69, 9.17) is 31.2 Å². The zero-order chi connectivity index (χ0) is 45.6. The van der Waals surface area contributed by atoms with Gasteiger partial charge in [0, 0.05) is 38.3 Å². The maximum Gasteiger partial charge on any atom is 0.410 e. The molecule has 60 heavy (non-hydrogen) atoms. The fraction of sp³-hybridized carbons (Fsp3) is 0.565. The second-order valence-electron chi connectivity index (χ2n) is 17.4. The van der Waals surface area contributed by atoms with E-state index in [0.717, 1.165) is 12.8 Å². The first-order chi connectivity index (χ1) is 28.1. The van der Waals surface area contributed by atoms with Gasteiger partial charge in [0.05, 0.1) is 24.0 Å². The van der Waals surface area contributed by atoms with E-state index < -0.39 is 46.2 Å². The molecule has 0 bridgehead atoms.